The zero-order valence-electron chi connectivity index (χ0n) is 14.5. The Hall–Kier alpha value is -2.26. The molecule has 0 bridgehead atoms. The molecule has 0 saturated heterocycles. The van der Waals surface area contributed by atoms with Gasteiger partial charge in [0.15, 0.2) is 11.9 Å². The summed E-state index contributed by atoms with van der Waals surface area (Å²) >= 11 is 3.42. The average molecular weight is 421 g/mol. The smallest absolute Gasteiger partial charge is 0.186 e. The SMILES string of the molecule is COc1ccc(Cn2nnnc2C(O)c2cn(CCCCBr)cn2)cc1. The number of aliphatic hydroxyl groups is 1. The lowest BCUT2D eigenvalue weighted by Crippen LogP contribution is -2.12. The Morgan fingerprint density at radius 2 is 2.04 bits per heavy atom. The van der Waals surface area contributed by atoms with Crippen molar-refractivity contribution in [2.24, 2.45) is 0 Å². The molecule has 1 N–H and O–H groups in total. The molecule has 138 valence electrons. The summed E-state index contributed by atoms with van der Waals surface area (Å²) in [5.74, 6) is 1.16. The van der Waals surface area contributed by atoms with E-state index in [-0.39, 0.29) is 0 Å². The summed E-state index contributed by atoms with van der Waals surface area (Å²) in [6.07, 6.45) is 4.73. The zero-order valence-corrected chi connectivity index (χ0v) is 16.1. The van der Waals surface area contributed by atoms with E-state index < -0.39 is 6.10 Å². The second-order valence-corrected chi connectivity index (χ2v) is 6.67. The van der Waals surface area contributed by atoms with E-state index in [2.05, 4.69) is 36.4 Å². The van der Waals surface area contributed by atoms with Crippen molar-refractivity contribution in [3.05, 3.63) is 53.9 Å². The van der Waals surface area contributed by atoms with Crippen LogP contribution in [0.2, 0.25) is 0 Å². The van der Waals surface area contributed by atoms with Crippen LogP contribution in [0.3, 0.4) is 0 Å². The molecule has 1 aromatic carbocycles. The standard InChI is InChI=1S/C17H21BrN6O2/c1-26-14-6-4-13(5-7-14)10-24-17(20-21-22-24)16(25)15-11-23(12-19-15)9-3-2-8-18/h4-7,11-12,16,25H,2-3,8-10H2,1H3. The molecule has 0 saturated carbocycles. The third-order valence-electron chi connectivity index (χ3n) is 4.03. The van der Waals surface area contributed by atoms with Crippen molar-refractivity contribution in [1.29, 1.82) is 0 Å². The fraction of sp³-hybridized carbons (Fsp3) is 0.412. The monoisotopic (exact) mass is 420 g/mol. The van der Waals surface area contributed by atoms with Gasteiger partial charge in [-0.2, -0.15) is 0 Å². The van der Waals surface area contributed by atoms with Gasteiger partial charge in [0.1, 0.15) is 5.75 Å². The van der Waals surface area contributed by atoms with Crippen LogP contribution in [-0.4, -0.2) is 47.3 Å². The lowest BCUT2D eigenvalue weighted by molar-refractivity contribution is 0.199. The van der Waals surface area contributed by atoms with Crippen LogP contribution in [0.4, 0.5) is 0 Å². The van der Waals surface area contributed by atoms with Crippen molar-refractivity contribution in [2.45, 2.75) is 32.0 Å². The number of aromatic nitrogens is 6. The number of methoxy groups -OCH3 is 1. The van der Waals surface area contributed by atoms with Crippen LogP contribution in [0, 0.1) is 0 Å². The lowest BCUT2D eigenvalue weighted by Gasteiger charge is -2.09. The topological polar surface area (TPSA) is 90.9 Å². The first-order valence-corrected chi connectivity index (χ1v) is 9.48. The van der Waals surface area contributed by atoms with Gasteiger partial charge in [0.25, 0.3) is 0 Å². The molecule has 2 heterocycles. The van der Waals surface area contributed by atoms with Crippen LogP contribution < -0.4 is 4.74 Å². The Balaban J connectivity index is 1.70. The summed E-state index contributed by atoms with van der Waals surface area (Å²) in [5.41, 5.74) is 1.54. The maximum Gasteiger partial charge on any atom is 0.186 e. The largest absolute Gasteiger partial charge is 0.497 e. The summed E-state index contributed by atoms with van der Waals surface area (Å²) in [7, 11) is 1.63. The maximum atomic E-state index is 10.6. The van der Waals surface area contributed by atoms with Gasteiger partial charge in [-0.05, 0) is 41.0 Å². The van der Waals surface area contributed by atoms with Crippen LogP contribution in [-0.2, 0) is 13.1 Å². The average Bonchev–Trinajstić information content (AvgIpc) is 3.32. The van der Waals surface area contributed by atoms with Gasteiger partial charge in [0.05, 0.1) is 25.7 Å². The summed E-state index contributed by atoms with van der Waals surface area (Å²) in [6.45, 7) is 1.32. The third kappa shape index (κ3) is 4.47. The van der Waals surface area contributed by atoms with Crippen molar-refractivity contribution in [3.63, 3.8) is 0 Å². The number of imidazole rings is 1. The molecule has 0 radical (unpaired) electrons. The molecule has 9 heteroatoms. The van der Waals surface area contributed by atoms with Gasteiger partial charge < -0.3 is 14.4 Å². The number of ether oxygens (including phenoxy) is 1. The molecule has 3 aromatic rings. The van der Waals surface area contributed by atoms with Gasteiger partial charge >= 0.3 is 0 Å². The second kappa shape index (κ2) is 8.91. The van der Waals surface area contributed by atoms with Crippen LogP contribution in [0.15, 0.2) is 36.8 Å². The van der Waals surface area contributed by atoms with Crippen LogP contribution in [0.5, 0.6) is 5.75 Å². The molecule has 0 aliphatic rings. The normalized spacial score (nSPS) is 12.3. The van der Waals surface area contributed by atoms with Crippen molar-refractivity contribution < 1.29 is 9.84 Å². The Morgan fingerprint density at radius 1 is 1.23 bits per heavy atom. The molecule has 8 nitrogen and oxygen atoms in total. The van der Waals surface area contributed by atoms with Crippen molar-refractivity contribution in [1.82, 2.24) is 29.8 Å². The van der Waals surface area contributed by atoms with Gasteiger partial charge in [-0.1, -0.05) is 28.1 Å². The Kier molecular flexibility index (Phi) is 6.35. The highest BCUT2D eigenvalue weighted by molar-refractivity contribution is 9.09. The van der Waals surface area contributed by atoms with E-state index >= 15 is 0 Å². The van der Waals surface area contributed by atoms with E-state index in [0.29, 0.717) is 18.1 Å². The predicted molar refractivity (Wildman–Crippen MR) is 99.2 cm³/mol. The summed E-state index contributed by atoms with van der Waals surface area (Å²) in [4.78, 5) is 4.30. The van der Waals surface area contributed by atoms with Gasteiger partial charge in [0.2, 0.25) is 0 Å². The molecule has 3 rings (SSSR count). The first-order chi connectivity index (χ1) is 12.7. The van der Waals surface area contributed by atoms with E-state index in [4.69, 9.17) is 4.74 Å². The summed E-state index contributed by atoms with van der Waals surface area (Å²) in [6, 6.07) is 7.64. The lowest BCUT2D eigenvalue weighted by atomic mass is 10.2. The fourth-order valence-electron chi connectivity index (χ4n) is 2.59. The highest BCUT2D eigenvalue weighted by Gasteiger charge is 2.21. The molecule has 2 aromatic heterocycles. The van der Waals surface area contributed by atoms with Gasteiger partial charge in [0, 0.05) is 18.1 Å². The number of aliphatic hydroxyl groups excluding tert-OH is 1. The highest BCUT2D eigenvalue weighted by Crippen LogP contribution is 2.19. The third-order valence-corrected chi connectivity index (χ3v) is 4.59. The van der Waals surface area contributed by atoms with Crippen molar-refractivity contribution in [3.8, 4) is 5.75 Å². The van der Waals surface area contributed by atoms with E-state index in [1.807, 2.05) is 35.0 Å². The molecule has 0 amide bonds. The first-order valence-electron chi connectivity index (χ1n) is 8.36. The Morgan fingerprint density at radius 3 is 2.77 bits per heavy atom. The number of hydrogen-bond acceptors (Lipinski definition) is 6. The van der Waals surface area contributed by atoms with Crippen LogP contribution in [0.25, 0.3) is 0 Å². The molecule has 1 unspecified atom stereocenters. The molecule has 0 spiro atoms. The number of benzene rings is 1. The second-order valence-electron chi connectivity index (χ2n) is 5.88. The zero-order chi connectivity index (χ0) is 18.4. The van der Waals surface area contributed by atoms with Crippen molar-refractivity contribution >= 4 is 15.9 Å². The Labute approximate surface area is 159 Å². The maximum absolute atomic E-state index is 10.6. The Bertz CT molecular complexity index is 817. The summed E-state index contributed by atoms with van der Waals surface area (Å²) in [5, 5.41) is 23.3. The number of alkyl halides is 1. The molecule has 0 fully saturated rings. The minimum absolute atomic E-state index is 0.367. The van der Waals surface area contributed by atoms with E-state index in [0.717, 1.165) is 36.0 Å². The van der Waals surface area contributed by atoms with E-state index in [1.54, 1.807) is 18.1 Å². The van der Waals surface area contributed by atoms with Gasteiger partial charge in [-0.15, -0.1) is 5.10 Å². The van der Waals surface area contributed by atoms with Crippen molar-refractivity contribution in [2.75, 3.05) is 12.4 Å². The first kappa shape index (κ1) is 18.5. The minimum atomic E-state index is -0.972. The quantitative estimate of drug-likeness (QED) is 0.421. The van der Waals surface area contributed by atoms with Gasteiger partial charge in [-0.3, -0.25) is 0 Å². The van der Waals surface area contributed by atoms with Gasteiger partial charge in [-0.25, -0.2) is 9.67 Å². The fourth-order valence-corrected chi connectivity index (χ4v) is 2.98. The molecule has 0 aliphatic carbocycles. The number of halogens is 1. The number of hydrogen-bond donors (Lipinski definition) is 1. The minimum Gasteiger partial charge on any atom is -0.497 e. The van der Waals surface area contributed by atoms with Crippen LogP contribution in [0.1, 0.15) is 36.0 Å². The van der Waals surface area contributed by atoms with E-state index in [1.165, 1.54) is 0 Å². The van der Waals surface area contributed by atoms with E-state index in [9.17, 15) is 5.11 Å². The number of rotatable bonds is 9. The number of aryl methyl sites for hydroxylation is 1. The van der Waals surface area contributed by atoms with Crippen LogP contribution >= 0.6 is 15.9 Å². The number of unbranched alkanes of at least 4 members (excludes halogenated alkanes) is 1. The number of nitrogens with zero attached hydrogens (tertiary/aromatic N) is 6. The predicted octanol–water partition coefficient (Wildman–Crippen LogP) is 2.18. The highest BCUT2D eigenvalue weighted by atomic mass is 79.9. The molecule has 0 aliphatic heterocycles. The molecular weight excluding hydrogens is 400 g/mol. The number of tetrazole rings is 1. The molecule has 26 heavy (non-hydrogen) atoms. The molecular formula is C17H21BrN6O2. The summed E-state index contributed by atoms with van der Waals surface area (Å²) < 4.78 is 8.71. The molecule has 1 atom stereocenters.